The van der Waals surface area contributed by atoms with Crippen LogP contribution < -0.4 is 11.1 Å². The second-order valence-electron chi connectivity index (χ2n) is 4.47. The van der Waals surface area contributed by atoms with E-state index in [-0.39, 0.29) is 5.91 Å². The third kappa shape index (κ3) is 10.2. The van der Waals surface area contributed by atoms with Crippen molar-refractivity contribution in [1.29, 1.82) is 0 Å². The lowest BCUT2D eigenvalue weighted by Crippen LogP contribution is -2.28. The maximum absolute atomic E-state index is 11.4. The maximum atomic E-state index is 11.4. The Labute approximate surface area is 104 Å². The van der Waals surface area contributed by atoms with Crippen molar-refractivity contribution in [3.63, 3.8) is 0 Å². The molecule has 0 aliphatic heterocycles. The molecule has 0 aliphatic rings. The van der Waals surface area contributed by atoms with Gasteiger partial charge >= 0.3 is 0 Å². The second kappa shape index (κ2) is 10.5. The van der Waals surface area contributed by atoms with Crippen molar-refractivity contribution in [2.75, 3.05) is 26.8 Å². The fourth-order valence-electron chi connectivity index (χ4n) is 1.55. The first kappa shape index (κ1) is 16.4. The molecule has 0 spiro atoms. The molecule has 0 aromatic carbocycles. The Bertz CT molecular complexity index is 200. The number of carbonyl (C=O) groups excluding carboxylic acids is 1. The van der Waals surface area contributed by atoms with E-state index in [9.17, 15) is 9.90 Å². The molecule has 4 N–H and O–H groups in total. The van der Waals surface area contributed by atoms with E-state index >= 15 is 0 Å². The topological polar surface area (TPSA) is 84.6 Å². The predicted octanol–water partition coefficient (Wildman–Crippen LogP) is 0.265. The average molecular weight is 246 g/mol. The number of hydrogen-bond acceptors (Lipinski definition) is 4. The quantitative estimate of drug-likeness (QED) is 0.516. The van der Waals surface area contributed by atoms with Gasteiger partial charge in [-0.25, -0.2) is 0 Å². The van der Waals surface area contributed by atoms with E-state index in [1.165, 1.54) is 0 Å². The maximum Gasteiger partial charge on any atom is 0.220 e. The van der Waals surface area contributed by atoms with E-state index < -0.39 is 6.10 Å². The van der Waals surface area contributed by atoms with Crippen molar-refractivity contribution in [3.8, 4) is 0 Å². The van der Waals surface area contributed by atoms with E-state index in [0.29, 0.717) is 38.5 Å². The van der Waals surface area contributed by atoms with Crippen LogP contribution in [0.5, 0.6) is 0 Å². The summed E-state index contributed by atoms with van der Waals surface area (Å²) in [6.45, 7) is 3.58. The summed E-state index contributed by atoms with van der Waals surface area (Å²) in [5.41, 5.74) is 5.44. The van der Waals surface area contributed by atoms with Crippen LogP contribution in [-0.2, 0) is 9.53 Å². The van der Waals surface area contributed by atoms with Crippen LogP contribution in [-0.4, -0.2) is 43.9 Å². The van der Waals surface area contributed by atoms with Gasteiger partial charge in [-0.15, -0.1) is 0 Å². The van der Waals surface area contributed by atoms with Crippen molar-refractivity contribution < 1.29 is 14.6 Å². The van der Waals surface area contributed by atoms with E-state index in [1.807, 2.05) is 0 Å². The van der Waals surface area contributed by atoms with Gasteiger partial charge in [-0.3, -0.25) is 4.79 Å². The molecule has 5 heteroatoms. The number of nitrogens with one attached hydrogen (secondary N) is 1. The molecule has 0 bridgehead atoms. The van der Waals surface area contributed by atoms with Crippen LogP contribution >= 0.6 is 0 Å². The molecule has 0 saturated carbocycles. The van der Waals surface area contributed by atoms with Gasteiger partial charge in [-0.05, 0) is 31.7 Å². The zero-order valence-electron chi connectivity index (χ0n) is 10.9. The Morgan fingerprint density at radius 1 is 1.41 bits per heavy atom. The Morgan fingerprint density at radius 3 is 2.71 bits per heavy atom. The molecule has 17 heavy (non-hydrogen) atoms. The molecule has 102 valence electrons. The highest BCUT2D eigenvalue weighted by Gasteiger charge is 2.07. The number of aliphatic hydroxyl groups is 1. The molecular weight excluding hydrogens is 220 g/mol. The van der Waals surface area contributed by atoms with Gasteiger partial charge in [0.25, 0.3) is 0 Å². The molecule has 5 nitrogen and oxygen atoms in total. The molecule has 1 amide bonds. The highest BCUT2D eigenvalue weighted by molar-refractivity contribution is 5.75. The number of amides is 1. The first-order valence-corrected chi connectivity index (χ1v) is 6.23. The zero-order chi connectivity index (χ0) is 13.1. The second-order valence-corrected chi connectivity index (χ2v) is 4.47. The van der Waals surface area contributed by atoms with E-state index in [0.717, 1.165) is 12.8 Å². The molecule has 0 saturated heterocycles. The fraction of sp³-hybridized carbons (Fsp3) is 0.917. The van der Waals surface area contributed by atoms with Crippen molar-refractivity contribution in [2.24, 2.45) is 11.7 Å². The average Bonchev–Trinajstić information content (AvgIpc) is 2.27. The van der Waals surface area contributed by atoms with Crippen LogP contribution in [0.25, 0.3) is 0 Å². The van der Waals surface area contributed by atoms with Gasteiger partial charge in [0.05, 0.1) is 12.7 Å². The van der Waals surface area contributed by atoms with Crippen molar-refractivity contribution >= 4 is 5.91 Å². The predicted molar refractivity (Wildman–Crippen MR) is 67.6 cm³/mol. The third-order valence-corrected chi connectivity index (χ3v) is 2.68. The number of aliphatic hydroxyl groups excluding tert-OH is 1. The molecule has 0 rings (SSSR count). The van der Waals surface area contributed by atoms with Crippen LogP contribution in [0.15, 0.2) is 0 Å². The third-order valence-electron chi connectivity index (χ3n) is 2.68. The number of methoxy groups -OCH3 is 1. The van der Waals surface area contributed by atoms with E-state index in [1.54, 1.807) is 7.11 Å². The molecule has 0 aromatic heterocycles. The monoisotopic (exact) mass is 246 g/mol. The lowest BCUT2D eigenvalue weighted by atomic mass is 10.0. The minimum Gasteiger partial charge on any atom is -0.391 e. The molecule has 0 heterocycles. The van der Waals surface area contributed by atoms with Crippen molar-refractivity contribution in [3.05, 3.63) is 0 Å². The van der Waals surface area contributed by atoms with Gasteiger partial charge in [-0.1, -0.05) is 6.92 Å². The summed E-state index contributed by atoms with van der Waals surface area (Å²) in [5, 5.41) is 12.1. The summed E-state index contributed by atoms with van der Waals surface area (Å²) in [6.07, 6.45) is 2.37. The molecule has 0 fully saturated rings. The number of nitrogens with two attached hydrogens (primary N) is 1. The standard InChI is InChI=1S/C12H26N2O3/c1-10(5-7-13)3-4-12(16)14-8-6-11(15)9-17-2/h10-11,15H,3-9,13H2,1-2H3,(H,14,16). The number of carbonyl (C=O) groups is 1. The van der Waals surface area contributed by atoms with Crippen LogP contribution in [0.3, 0.4) is 0 Å². The van der Waals surface area contributed by atoms with Crippen molar-refractivity contribution in [1.82, 2.24) is 5.32 Å². The Hall–Kier alpha value is -0.650. The summed E-state index contributed by atoms with van der Waals surface area (Å²) in [4.78, 5) is 11.4. The van der Waals surface area contributed by atoms with Gasteiger partial charge in [0.2, 0.25) is 5.91 Å². The normalized spacial score (nSPS) is 14.4. The van der Waals surface area contributed by atoms with Gasteiger partial charge in [-0.2, -0.15) is 0 Å². The highest BCUT2D eigenvalue weighted by atomic mass is 16.5. The fourth-order valence-corrected chi connectivity index (χ4v) is 1.55. The summed E-state index contributed by atoms with van der Waals surface area (Å²) >= 11 is 0. The van der Waals surface area contributed by atoms with Crippen LogP contribution in [0, 0.1) is 5.92 Å². The molecular formula is C12H26N2O3. The summed E-state index contributed by atoms with van der Waals surface area (Å²) in [6, 6.07) is 0. The number of ether oxygens (including phenoxy) is 1. The van der Waals surface area contributed by atoms with Gasteiger partial charge in [0.1, 0.15) is 0 Å². The zero-order valence-corrected chi connectivity index (χ0v) is 10.9. The van der Waals surface area contributed by atoms with E-state index in [2.05, 4.69) is 12.2 Å². The highest BCUT2D eigenvalue weighted by Crippen LogP contribution is 2.08. The smallest absolute Gasteiger partial charge is 0.220 e. The minimum atomic E-state index is -0.503. The molecule has 2 unspecified atom stereocenters. The lowest BCUT2D eigenvalue weighted by molar-refractivity contribution is -0.121. The molecule has 0 aliphatic carbocycles. The summed E-state index contributed by atoms with van der Waals surface area (Å²) in [7, 11) is 1.54. The number of hydrogen-bond donors (Lipinski definition) is 3. The van der Waals surface area contributed by atoms with Crippen LogP contribution in [0.1, 0.15) is 32.6 Å². The largest absolute Gasteiger partial charge is 0.391 e. The van der Waals surface area contributed by atoms with Crippen LogP contribution in [0.4, 0.5) is 0 Å². The first-order chi connectivity index (χ1) is 8.10. The minimum absolute atomic E-state index is 0.0403. The summed E-state index contributed by atoms with van der Waals surface area (Å²) < 4.78 is 4.79. The van der Waals surface area contributed by atoms with Gasteiger partial charge in [0.15, 0.2) is 0 Å². The molecule has 0 aromatic rings. The SMILES string of the molecule is COCC(O)CCNC(=O)CCC(C)CCN. The number of rotatable bonds is 10. The lowest BCUT2D eigenvalue weighted by Gasteiger charge is -2.11. The van der Waals surface area contributed by atoms with Crippen LogP contribution in [0.2, 0.25) is 0 Å². The summed E-state index contributed by atoms with van der Waals surface area (Å²) in [5.74, 6) is 0.531. The Balaban J connectivity index is 3.46. The van der Waals surface area contributed by atoms with Gasteiger partial charge < -0.3 is 20.9 Å². The molecule has 0 radical (unpaired) electrons. The van der Waals surface area contributed by atoms with Gasteiger partial charge in [0, 0.05) is 20.1 Å². The Morgan fingerprint density at radius 2 is 2.12 bits per heavy atom. The first-order valence-electron chi connectivity index (χ1n) is 6.23. The molecule has 2 atom stereocenters. The van der Waals surface area contributed by atoms with Crippen molar-refractivity contribution in [2.45, 2.75) is 38.7 Å². The van der Waals surface area contributed by atoms with E-state index in [4.69, 9.17) is 10.5 Å². The Kier molecular flexibility index (Phi) is 10.1.